The van der Waals surface area contributed by atoms with E-state index < -0.39 is 0 Å². The molecule has 0 aliphatic heterocycles. The third-order valence-electron chi connectivity index (χ3n) is 4.80. The lowest BCUT2D eigenvalue weighted by Gasteiger charge is -2.05. The van der Waals surface area contributed by atoms with Crippen molar-refractivity contribution in [3.05, 3.63) is 70.3 Å². The molecule has 0 unspecified atom stereocenters. The van der Waals surface area contributed by atoms with Gasteiger partial charge in [0.2, 0.25) is 11.8 Å². The van der Waals surface area contributed by atoms with Gasteiger partial charge < -0.3 is 14.3 Å². The lowest BCUT2D eigenvalue weighted by Crippen LogP contribution is -2.26. The minimum atomic E-state index is -0.163. The van der Waals surface area contributed by atoms with Gasteiger partial charge in [-0.2, -0.15) is 5.10 Å². The third kappa shape index (κ3) is 4.06. The second kappa shape index (κ2) is 8.42. The highest BCUT2D eigenvalue weighted by Crippen LogP contribution is 2.26. The highest BCUT2D eigenvalue weighted by Gasteiger charge is 2.13. The van der Waals surface area contributed by atoms with Crippen LogP contribution in [0.5, 0.6) is 0 Å². The second-order valence-electron chi connectivity index (χ2n) is 6.81. The molecule has 8 nitrogen and oxygen atoms in total. The van der Waals surface area contributed by atoms with E-state index in [1.165, 1.54) is 0 Å². The monoisotopic (exact) mass is 420 g/mol. The van der Waals surface area contributed by atoms with Crippen molar-refractivity contribution in [2.24, 2.45) is 7.05 Å². The Labute approximate surface area is 178 Å². The van der Waals surface area contributed by atoms with Crippen LogP contribution >= 0.6 is 12.2 Å². The number of aromatic amines is 1. The summed E-state index contributed by atoms with van der Waals surface area (Å²) < 4.78 is 8.16. The van der Waals surface area contributed by atoms with E-state index in [1.807, 2.05) is 38.2 Å². The molecule has 4 rings (SSSR count). The minimum absolute atomic E-state index is 0.163. The number of rotatable bonds is 6. The van der Waals surface area contributed by atoms with E-state index in [1.54, 1.807) is 28.8 Å². The number of amides is 1. The molecule has 0 bridgehead atoms. The Morgan fingerprint density at radius 2 is 1.87 bits per heavy atom. The molecular weight excluding hydrogens is 400 g/mol. The average molecular weight is 420 g/mol. The van der Waals surface area contributed by atoms with E-state index >= 15 is 0 Å². The summed E-state index contributed by atoms with van der Waals surface area (Å²) in [6.45, 7) is 2.45. The van der Waals surface area contributed by atoms with E-state index in [0.29, 0.717) is 35.1 Å². The van der Waals surface area contributed by atoms with Crippen LogP contribution in [-0.4, -0.2) is 37.4 Å². The molecule has 30 heavy (non-hydrogen) atoms. The molecule has 2 aromatic heterocycles. The number of aryl methyl sites for hydroxylation is 1. The molecule has 0 radical (unpaired) electrons. The number of nitrogens with zero attached hydrogens (tertiary/aromatic N) is 4. The van der Waals surface area contributed by atoms with Gasteiger partial charge in [-0.25, -0.2) is 0 Å². The van der Waals surface area contributed by atoms with Crippen LogP contribution in [-0.2, 0) is 13.5 Å². The maximum atomic E-state index is 12.4. The van der Waals surface area contributed by atoms with Gasteiger partial charge in [0.15, 0.2) is 4.77 Å². The Bertz CT molecular complexity index is 1240. The van der Waals surface area contributed by atoms with Crippen LogP contribution < -0.4 is 5.32 Å². The minimum Gasteiger partial charge on any atom is -0.416 e. The predicted octanol–water partition coefficient (Wildman–Crippen LogP) is 3.48. The van der Waals surface area contributed by atoms with Crippen molar-refractivity contribution in [1.82, 2.24) is 30.3 Å². The highest BCUT2D eigenvalue weighted by molar-refractivity contribution is 7.71. The van der Waals surface area contributed by atoms with Crippen molar-refractivity contribution in [3.63, 3.8) is 0 Å². The lowest BCUT2D eigenvalue weighted by atomic mass is 10.1. The van der Waals surface area contributed by atoms with Crippen molar-refractivity contribution < 1.29 is 9.21 Å². The van der Waals surface area contributed by atoms with Gasteiger partial charge in [-0.05, 0) is 55.0 Å². The fourth-order valence-corrected chi connectivity index (χ4v) is 3.17. The van der Waals surface area contributed by atoms with Gasteiger partial charge in [0, 0.05) is 36.7 Å². The number of hydrogen-bond donors (Lipinski definition) is 2. The summed E-state index contributed by atoms with van der Waals surface area (Å²) in [5.74, 6) is 1.51. The van der Waals surface area contributed by atoms with E-state index in [4.69, 9.17) is 16.6 Å². The zero-order chi connectivity index (χ0) is 21.1. The normalized spacial score (nSPS) is 10.9. The number of aromatic nitrogens is 5. The molecule has 2 N–H and O–H groups in total. The summed E-state index contributed by atoms with van der Waals surface area (Å²) >= 11 is 5.08. The second-order valence-corrected chi connectivity index (χ2v) is 7.20. The Morgan fingerprint density at radius 1 is 1.13 bits per heavy atom. The molecule has 2 heterocycles. The zero-order valence-corrected chi connectivity index (χ0v) is 17.4. The summed E-state index contributed by atoms with van der Waals surface area (Å²) in [7, 11) is 1.84. The molecule has 0 spiro atoms. The molecule has 4 aromatic rings. The lowest BCUT2D eigenvalue weighted by molar-refractivity contribution is 0.0954. The fraction of sp³-hybridized carbons (Fsp3) is 0.190. The largest absolute Gasteiger partial charge is 0.416 e. The number of carbonyl (C=O) groups excluding carboxylic acids is 1. The first-order chi connectivity index (χ1) is 14.5. The maximum Gasteiger partial charge on any atom is 0.251 e. The Morgan fingerprint density at radius 3 is 2.57 bits per heavy atom. The van der Waals surface area contributed by atoms with Gasteiger partial charge in [0.1, 0.15) is 5.82 Å². The Balaban J connectivity index is 1.40. The molecular formula is C21H20N6O2S. The topological polar surface area (TPSA) is 102 Å². The van der Waals surface area contributed by atoms with Crippen molar-refractivity contribution in [3.8, 4) is 22.9 Å². The maximum absolute atomic E-state index is 12.4. The zero-order valence-electron chi connectivity index (χ0n) is 16.5. The van der Waals surface area contributed by atoms with E-state index in [-0.39, 0.29) is 5.91 Å². The van der Waals surface area contributed by atoms with Crippen molar-refractivity contribution in [2.45, 2.75) is 13.3 Å². The third-order valence-corrected chi connectivity index (χ3v) is 5.17. The Hall–Kier alpha value is -3.59. The number of H-pyrrole nitrogens is 1. The summed E-state index contributed by atoms with van der Waals surface area (Å²) in [6, 6.07) is 14.9. The number of benzene rings is 2. The molecule has 0 saturated heterocycles. The summed E-state index contributed by atoms with van der Waals surface area (Å²) in [4.78, 5) is 12.4. The molecule has 0 saturated carbocycles. The van der Waals surface area contributed by atoms with Crippen LogP contribution in [0.1, 0.15) is 21.7 Å². The number of nitrogens with one attached hydrogen (secondary N) is 2. The molecule has 152 valence electrons. The van der Waals surface area contributed by atoms with Crippen LogP contribution in [0.15, 0.2) is 52.9 Å². The predicted molar refractivity (Wildman–Crippen MR) is 114 cm³/mol. The average Bonchev–Trinajstić information content (AvgIpc) is 3.37. The van der Waals surface area contributed by atoms with Gasteiger partial charge >= 0.3 is 0 Å². The van der Waals surface area contributed by atoms with E-state index in [9.17, 15) is 4.79 Å². The van der Waals surface area contributed by atoms with E-state index in [2.05, 4.69) is 25.7 Å². The van der Waals surface area contributed by atoms with Crippen LogP contribution in [0, 0.1) is 11.7 Å². The van der Waals surface area contributed by atoms with Gasteiger partial charge in [-0.3, -0.25) is 9.89 Å². The highest BCUT2D eigenvalue weighted by atomic mass is 32.1. The first-order valence-corrected chi connectivity index (χ1v) is 9.82. The van der Waals surface area contributed by atoms with Gasteiger partial charge in [0.25, 0.3) is 5.91 Å². The van der Waals surface area contributed by atoms with Gasteiger partial charge in [0.05, 0.1) is 0 Å². The molecule has 0 aliphatic rings. The molecule has 2 aromatic carbocycles. The van der Waals surface area contributed by atoms with Crippen LogP contribution in [0.3, 0.4) is 0 Å². The number of carbonyl (C=O) groups is 1. The Kier molecular flexibility index (Phi) is 5.53. The van der Waals surface area contributed by atoms with Crippen molar-refractivity contribution in [2.75, 3.05) is 6.54 Å². The smallest absolute Gasteiger partial charge is 0.251 e. The van der Waals surface area contributed by atoms with Crippen molar-refractivity contribution >= 4 is 18.1 Å². The van der Waals surface area contributed by atoms with E-state index in [0.717, 1.165) is 22.5 Å². The van der Waals surface area contributed by atoms with Gasteiger partial charge in [-0.15, -0.1) is 10.2 Å². The van der Waals surface area contributed by atoms with Gasteiger partial charge in [-0.1, -0.05) is 18.2 Å². The quantitative estimate of drug-likeness (QED) is 0.463. The summed E-state index contributed by atoms with van der Waals surface area (Å²) in [5, 5.41) is 18.0. The molecule has 1 amide bonds. The molecule has 0 atom stereocenters. The first kappa shape index (κ1) is 19.7. The molecule has 9 heteroatoms. The first-order valence-electron chi connectivity index (χ1n) is 9.41. The van der Waals surface area contributed by atoms with Crippen LogP contribution in [0.4, 0.5) is 0 Å². The molecule has 0 fully saturated rings. The van der Waals surface area contributed by atoms with Crippen molar-refractivity contribution in [1.29, 1.82) is 0 Å². The number of hydrogen-bond acceptors (Lipinski definition) is 6. The summed E-state index contributed by atoms with van der Waals surface area (Å²) in [5.41, 5.74) is 3.26. The standard InChI is InChI=1S/C21H20N6O2S/c1-13-5-3-4-6-16(13)20-25-24-19(29-20)15-9-7-14(8-10-15)18(28)22-12-11-17-23-26-21(30)27(17)2/h3-10H,11-12H2,1-2H3,(H,22,28)(H,26,30). The summed E-state index contributed by atoms with van der Waals surface area (Å²) in [6.07, 6.45) is 0.580. The van der Waals surface area contributed by atoms with Crippen LogP contribution in [0.2, 0.25) is 0 Å². The SMILES string of the molecule is Cc1ccccc1-c1nnc(-c2ccc(C(=O)NCCc3n[nH]c(=S)n3C)cc2)o1. The fourth-order valence-electron chi connectivity index (χ4n) is 3.02. The van der Waals surface area contributed by atoms with Crippen LogP contribution in [0.25, 0.3) is 22.9 Å². The molecule has 0 aliphatic carbocycles.